The van der Waals surface area contributed by atoms with Crippen molar-refractivity contribution in [1.82, 2.24) is 9.80 Å². The van der Waals surface area contributed by atoms with Gasteiger partial charge in [0.05, 0.1) is 5.02 Å². The number of halogens is 2. The zero-order valence-corrected chi connectivity index (χ0v) is 15.4. The lowest BCUT2D eigenvalue weighted by molar-refractivity contribution is -0.130. The minimum atomic E-state index is 0.0939. The van der Waals surface area contributed by atoms with E-state index >= 15 is 0 Å². The molecule has 2 heterocycles. The van der Waals surface area contributed by atoms with Crippen molar-refractivity contribution >= 4 is 46.3 Å². The number of carbonyl (C=O) groups is 1. The van der Waals surface area contributed by atoms with Crippen LogP contribution in [0, 0.1) is 0 Å². The van der Waals surface area contributed by atoms with Gasteiger partial charge in [0.15, 0.2) is 5.76 Å². The van der Waals surface area contributed by atoms with E-state index in [2.05, 4.69) is 4.90 Å². The molecule has 0 saturated carbocycles. The normalized spacial score (nSPS) is 14.8. The van der Waals surface area contributed by atoms with Crippen LogP contribution in [-0.4, -0.2) is 46.9 Å². The van der Waals surface area contributed by atoms with Gasteiger partial charge in [-0.2, -0.15) is 0 Å². The maximum absolute atomic E-state index is 11.4. The first kappa shape index (κ1) is 17.3. The first-order valence-corrected chi connectivity index (χ1v) is 8.72. The average Bonchev–Trinajstić information content (AvgIpc) is 3.06. The molecule has 1 amide bonds. The van der Waals surface area contributed by atoms with Crippen LogP contribution in [0.25, 0.3) is 11.3 Å². The summed E-state index contributed by atoms with van der Waals surface area (Å²) in [6, 6.07) is 8.91. The summed E-state index contributed by atoms with van der Waals surface area (Å²) in [4.78, 5) is 15.9. The molecule has 0 N–H and O–H groups in total. The minimum absolute atomic E-state index is 0.0939. The molecule has 0 radical (unpaired) electrons. The van der Waals surface area contributed by atoms with Gasteiger partial charge in [-0.25, -0.2) is 0 Å². The fourth-order valence-electron chi connectivity index (χ4n) is 2.66. The van der Waals surface area contributed by atoms with Gasteiger partial charge in [0, 0.05) is 43.7 Å². The van der Waals surface area contributed by atoms with Crippen LogP contribution in [0.3, 0.4) is 0 Å². The second kappa shape index (κ2) is 7.13. The van der Waals surface area contributed by atoms with E-state index in [1.54, 1.807) is 25.1 Å². The maximum atomic E-state index is 11.4. The number of carbonyl (C=O) groups excluding carboxylic acids is 1. The van der Waals surface area contributed by atoms with Crippen LogP contribution in [0.5, 0.6) is 0 Å². The third-order valence-corrected chi connectivity index (χ3v) is 5.05. The number of amides is 1. The van der Waals surface area contributed by atoms with Gasteiger partial charge in [-0.1, -0.05) is 35.4 Å². The Labute approximate surface area is 155 Å². The lowest BCUT2D eigenvalue weighted by atomic mass is 10.2. The van der Waals surface area contributed by atoms with Crippen molar-refractivity contribution in [3.63, 3.8) is 0 Å². The van der Waals surface area contributed by atoms with Crippen molar-refractivity contribution in [3.05, 3.63) is 46.1 Å². The Hall–Kier alpha value is -1.56. The van der Waals surface area contributed by atoms with Gasteiger partial charge in [-0.15, -0.1) is 0 Å². The fourth-order valence-corrected chi connectivity index (χ4v) is 3.34. The van der Waals surface area contributed by atoms with Crippen LogP contribution in [0.4, 0.5) is 0 Å². The number of hydrogen-bond donors (Lipinski definition) is 0. The maximum Gasteiger partial charge on any atom is 0.219 e. The molecule has 1 aliphatic rings. The highest BCUT2D eigenvalue weighted by molar-refractivity contribution is 7.80. The number of benzene rings is 1. The summed E-state index contributed by atoms with van der Waals surface area (Å²) in [5, 5.41) is 1.16. The summed E-state index contributed by atoms with van der Waals surface area (Å²) in [5.41, 5.74) is 0.736. The van der Waals surface area contributed by atoms with Crippen LogP contribution >= 0.6 is 35.4 Å². The summed E-state index contributed by atoms with van der Waals surface area (Å²) in [6.07, 6.45) is 0. The number of thiocarbonyl (C=S) groups is 1. The van der Waals surface area contributed by atoms with Gasteiger partial charge in [0.25, 0.3) is 0 Å². The van der Waals surface area contributed by atoms with E-state index in [4.69, 9.17) is 39.8 Å². The zero-order valence-electron chi connectivity index (χ0n) is 13.1. The van der Waals surface area contributed by atoms with Gasteiger partial charge in [-0.3, -0.25) is 4.79 Å². The van der Waals surface area contributed by atoms with Crippen molar-refractivity contribution < 1.29 is 9.21 Å². The topological polar surface area (TPSA) is 36.7 Å². The molecule has 0 aliphatic carbocycles. The van der Waals surface area contributed by atoms with Crippen LogP contribution < -0.4 is 0 Å². The van der Waals surface area contributed by atoms with Crippen molar-refractivity contribution in [2.24, 2.45) is 0 Å². The van der Waals surface area contributed by atoms with Gasteiger partial charge in [-0.05, 0) is 30.3 Å². The van der Waals surface area contributed by atoms with Crippen LogP contribution in [-0.2, 0) is 4.79 Å². The molecular weight excluding hydrogens is 367 g/mol. The Balaban J connectivity index is 1.75. The predicted molar refractivity (Wildman–Crippen MR) is 99.7 cm³/mol. The standard InChI is InChI=1S/C17H16Cl2N2O2S/c1-11(22)20-6-8-21(9-7-20)17(24)16-5-4-15(23-16)13-10-12(18)2-3-14(13)19/h2-5,10H,6-9H2,1H3. The second-order valence-electron chi connectivity index (χ2n) is 5.59. The highest BCUT2D eigenvalue weighted by Crippen LogP contribution is 2.32. The molecule has 0 unspecified atom stereocenters. The number of piperazine rings is 1. The van der Waals surface area contributed by atoms with Crippen molar-refractivity contribution in [3.8, 4) is 11.3 Å². The van der Waals surface area contributed by atoms with Gasteiger partial charge in [0.2, 0.25) is 5.91 Å². The molecule has 3 rings (SSSR count). The third-order valence-electron chi connectivity index (χ3n) is 4.02. The fraction of sp³-hybridized carbons (Fsp3) is 0.294. The Morgan fingerprint density at radius 2 is 1.75 bits per heavy atom. The monoisotopic (exact) mass is 382 g/mol. The summed E-state index contributed by atoms with van der Waals surface area (Å²) in [5.74, 6) is 1.34. The minimum Gasteiger partial charge on any atom is -0.454 e. The van der Waals surface area contributed by atoms with Crippen molar-refractivity contribution in [2.75, 3.05) is 26.2 Å². The summed E-state index contributed by atoms with van der Waals surface area (Å²) in [6.45, 7) is 4.33. The molecule has 7 heteroatoms. The summed E-state index contributed by atoms with van der Waals surface area (Å²) in [7, 11) is 0. The molecular formula is C17H16Cl2N2O2S. The zero-order chi connectivity index (χ0) is 17.3. The van der Waals surface area contributed by atoms with E-state index in [9.17, 15) is 4.79 Å². The Bertz CT molecular complexity index is 783. The molecule has 1 fully saturated rings. The summed E-state index contributed by atoms with van der Waals surface area (Å²) >= 11 is 17.8. The molecule has 1 aromatic carbocycles. The van der Waals surface area contributed by atoms with E-state index in [-0.39, 0.29) is 5.91 Å². The molecule has 2 aromatic rings. The number of hydrogen-bond acceptors (Lipinski definition) is 3. The quantitative estimate of drug-likeness (QED) is 0.732. The molecule has 1 saturated heterocycles. The van der Waals surface area contributed by atoms with Crippen molar-refractivity contribution in [2.45, 2.75) is 6.92 Å². The highest BCUT2D eigenvalue weighted by atomic mass is 35.5. The van der Waals surface area contributed by atoms with Gasteiger partial charge >= 0.3 is 0 Å². The lowest BCUT2D eigenvalue weighted by Crippen LogP contribution is -2.49. The molecule has 1 aromatic heterocycles. The van der Waals surface area contributed by atoms with E-state index in [1.165, 1.54) is 0 Å². The average molecular weight is 383 g/mol. The second-order valence-corrected chi connectivity index (χ2v) is 6.82. The van der Waals surface area contributed by atoms with Crippen LogP contribution in [0.2, 0.25) is 10.0 Å². The Morgan fingerprint density at radius 1 is 1.08 bits per heavy atom. The molecule has 24 heavy (non-hydrogen) atoms. The molecule has 0 bridgehead atoms. The Morgan fingerprint density at radius 3 is 2.42 bits per heavy atom. The van der Waals surface area contributed by atoms with Gasteiger partial charge < -0.3 is 14.2 Å². The largest absolute Gasteiger partial charge is 0.454 e. The van der Waals surface area contributed by atoms with E-state index in [0.29, 0.717) is 52.7 Å². The molecule has 0 spiro atoms. The van der Waals surface area contributed by atoms with Gasteiger partial charge in [0.1, 0.15) is 10.7 Å². The molecule has 1 aliphatic heterocycles. The van der Waals surface area contributed by atoms with E-state index in [0.717, 1.165) is 5.56 Å². The third kappa shape index (κ3) is 3.58. The van der Waals surface area contributed by atoms with E-state index in [1.807, 2.05) is 17.0 Å². The van der Waals surface area contributed by atoms with E-state index < -0.39 is 0 Å². The van der Waals surface area contributed by atoms with Crippen molar-refractivity contribution in [1.29, 1.82) is 0 Å². The summed E-state index contributed by atoms with van der Waals surface area (Å²) < 4.78 is 5.89. The molecule has 4 nitrogen and oxygen atoms in total. The smallest absolute Gasteiger partial charge is 0.219 e. The lowest BCUT2D eigenvalue weighted by Gasteiger charge is -2.35. The van der Waals surface area contributed by atoms with Crippen LogP contribution in [0.15, 0.2) is 34.7 Å². The number of furan rings is 1. The van der Waals surface area contributed by atoms with Crippen LogP contribution in [0.1, 0.15) is 12.7 Å². The SMILES string of the molecule is CC(=O)N1CCN(C(=S)c2ccc(-c3cc(Cl)ccc3Cl)o2)CC1. The molecule has 0 atom stereocenters. The Kier molecular flexibility index (Phi) is 5.13. The highest BCUT2D eigenvalue weighted by Gasteiger charge is 2.23. The first-order chi connectivity index (χ1) is 11.5. The number of rotatable bonds is 2. The first-order valence-electron chi connectivity index (χ1n) is 7.56. The number of nitrogens with zero attached hydrogens (tertiary/aromatic N) is 2. The predicted octanol–water partition coefficient (Wildman–Crippen LogP) is 4.09. The molecule has 126 valence electrons.